The predicted molar refractivity (Wildman–Crippen MR) is 62.5 cm³/mol. The van der Waals surface area contributed by atoms with Crippen LogP contribution in [0.4, 0.5) is 0 Å². The molecule has 0 bridgehead atoms. The number of fused-ring (bicyclic) bond motifs is 1. The maximum absolute atomic E-state index is 9.23. The summed E-state index contributed by atoms with van der Waals surface area (Å²) in [6.45, 7) is 4.34. The summed E-state index contributed by atoms with van der Waals surface area (Å²) < 4.78 is 10.8. The number of benzene rings is 1. The van der Waals surface area contributed by atoms with Gasteiger partial charge in [0.1, 0.15) is 0 Å². The highest BCUT2D eigenvalue weighted by atomic mass is 35.5. The van der Waals surface area contributed by atoms with E-state index in [1.165, 1.54) is 0 Å². The van der Waals surface area contributed by atoms with Gasteiger partial charge in [-0.25, -0.2) is 0 Å². The Morgan fingerprint density at radius 2 is 2.12 bits per heavy atom. The molecule has 1 heterocycles. The SMILES string of the molecule is CCc1c(C(C)CO)cc(Cl)c2c1OCO2. The van der Waals surface area contributed by atoms with E-state index in [0.29, 0.717) is 10.8 Å². The summed E-state index contributed by atoms with van der Waals surface area (Å²) in [6, 6.07) is 1.87. The zero-order chi connectivity index (χ0) is 11.7. The van der Waals surface area contributed by atoms with Gasteiger partial charge >= 0.3 is 0 Å². The van der Waals surface area contributed by atoms with E-state index in [0.717, 1.165) is 23.3 Å². The molecule has 1 N–H and O–H groups in total. The zero-order valence-electron chi connectivity index (χ0n) is 9.42. The number of hydrogen-bond acceptors (Lipinski definition) is 3. The molecule has 0 aromatic heterocycles. The van der Waals surface area contributed by atoms with E-state index in [4.69, 9.17) is 21.1 Å². The molecule has 88 valence electrons. The smallest absolute Gasteiger partial charge is 0.231 e. The van der Waals surface area contributed by atoms with Crippen LogP contribution in [0.5, 0.6) is 11.5 Å². The minimum absolute atomic E-state index is 0.0574. The van der Waals surface area contributed by atoms with E-state index in [1.54, 1.807) is 0 Å². The van der Waals surface area contributed by atoms with Gasteiger partial charge in [0.2, 0.25) is 6.79 Å². The number of aliphatic hydroxyl groups is 1. The van der Waals surface area contributed by atoms with E-state index < -0.39 is 0 Å². The third-order valence-electron chi connectivity index (χ3n) is 2.89. The van der Waals surface area contributed by atoms with Gasteiger partial charge in [-0.15, -0.1) is 0 Å². The van der Waals surface area contributed by atoms with E-state index in [9.17, 15) is 5.11 Å². The summed E-state index contributed by atoms with van der Waals surface area (Å²) in [5.41, 5.74) is 2.12. The van der Waals surface area contributed by atoms with Gasteiger partial charge in [0.25, 0.3) is 0 Å². The van der Waals surface area contributed by atoms with Crippen molar-refractivity contribution in [2.75, 3.05) is 13.4 Å². The lowest BCUT2D eigenvalue weighted by atomic mass is 9.94. The molecule has 1 atom stereocenters. The van der Waals surface area contributed by atoms with Gasteiger partial charge in [0.15, 0.2) is 11.5 Å². The zero-order valence-corrected chi connectivity index (χ0v) is 10.2. The van der Waals surface area contributed by atoms with Crippen LogP contribution in [0.15, 0.2) is 6.07 Å². The molecule has 0 spiro atoms. The molecule has 1 unspecified atom stereocenters. The largest absolute Gasteiger partial charge is 0.453 e. The van der Waals surface area contributed by atoms with E-state index in [2.05, 4.69) is 6.92 Å². The third-order valence-corrected chi connectivity index (χ3v) is 3.17. The Labute approximate surface area is 99.9 Å². The van der Waals surface area contributed by atoms with Crippen LogP contribution >= 0.6 is 11.6 Å². The van der Waals surface area contributed by atoms with Gasteiger partial charge in [0, 0.05) is 18.1 Å². The van der Waals surface area contributed by atoms with Crippen LogP contribution in [0.1, 0.15) is 30.9 Å². The average Bonchev–Trinajstić information content (AvgIpc) is 2.77. The van der Waals surface area contributed by atoms with Crippen molar-refractivity contribution >= 4 is 11.6 Å². The molecule has 0 fully saturated rings. The first kappa shape index (κ1) is 11.6. The Morgan fingerprint density at radius 3 is 2.75 bits per heavy atom. The normalized spacial score (nSPS) is 15.2. The molecule has 1 aliphatic rings. The molecule has 4 heteroatoms. The topological polar surface area (TPSA) is 38.7 Å². The first-order chi connectivity index (χ1) is 7.69. The van der Waals surface area contributed by atoms with Crippen molar-refractivity contribution in [1.82, 2.24) is 0 Å². The minimum Gasteiger partial charge on any atom is -0.453 e. The summed E-state index contributed by atoms with van der Waals surface area (Å²) in [6.07, 6.45) is 0.836. The minimum atomic E-state index is 0.0574. The number of aliphatic hydroxyl groups excluding tert-OH is 1. The van der Waals surface area contributed by atoms with Crippen LogP contribution in [0.3, 0.4) is 0 Å². The molecule has 1 aromatic rings. The van der Waals surface area contributed by atoms with Gasteiger partial charge in [-0.3, -0.25) is 0 Å². The van der Waals surface area contributed by atoms with E-state index >= 15 is 0 Å². The molecule has 1 aromatic carbocycles. The molecular weight excluding hydrogens is 228 g/mol. The fourth-order valence-electron chi connectivity index (χ4n) is 2.00. The van der Waals surface area contributed by atoms with Crippen molar-refractivity contribution in [2.45, 2.75) is 26.2 Å². The molecule has 16 heavy (non-hydrogen) atoms. The van der Waals surface area contributed by atoms with Crippen LogP contribution < -0.4 is 9.47 Å². The Kier molecular flexibility index (Phi) is 3.26. The van der Waals surface area contributed by atoms with Gasteiger partial charge in [-0.05, 0) is 18.1 Å². The lowest BCUT2D eigenvalue weighted by molar-refractivity contribution is 0.173. The van der Waals surface area contributed by atoms with Crippen LogP contribution in [0, 0.1) is 0 Å². The van der Waals surface area contributed by atoms with Crippen molar-refractivity contribution in [1.29, 1.82) is 0 Å². The van der Waals surface area contributed by atoms with Crippen molar-refractivity contribution in [3.05, 3.63) is 22.2 Å². The number of hydrogen-bond donors (Lipinski definition) is 1. The first-order valence-electron chi connectivity index (χ1n) is 5.40. The van der Waals surface area contributed by atoms with Crippen LogP contribution in [-0.4, -0.2) is 18.5 Å². The van der Waals surface area contributed by atoms with Gasteiger partial charge in [-0.1, -0.05) is 25.4 Å². The summed E-state index contributed by atoms with van der Waals surface area (Å²) in [7, 11) is 0. The summed E-state index contributed by atoms with van der Waals surface area (Å²) in [5.74, 6) is 1.43. The van der Waals surface area contributed by atoms with Gasteiger partial charge in [0.05, 0.1) is 5.02 Å². The molecule has 0 saturated carbocycles. The van der Waals surface area contributed by atoms with Crippen molar-refractivity contribution in [2.24, 2.45) is 0 Å². The lowest BCUT2D eigenvalue weighted by Gasteiger charge is -2.16. The summed E-state index contributed by atoms with van der Waals surface area (Å²) in [4.78, 5) is 0. The summed E-state index contributed by atoms with van der Waals surface area (Å²) in [5, 5.41) is 9.79. The second kappa shape index (κ2) is 4.52. The second-order valence-electron chi connectivity index (χ2n) is 3.93. The quantitative estimate of drug-likeness (QED) is 0.886. The monoisotopic (exact) mass is 242 g/mol. The molecule has 0 amide bonds. The van der Waals surface area contributed by atoms with Crippen LogP contribution in [0.2, 0.25) is 5.02 Å². The fraction of sp³-hybridized carbons (Fsp3) is 0.500. The Morgan fingerprint density at radius 1 is 1.44 bits per heavy atom. The average molecular weight is 243 g/mol. The Bertz CT molecular complexity index is 404. The number of ether oxygens (including phenoxy) is 2. The van der Waals surface area contributed by atoms with Crippen molar-refractivity contribution in [3.8, 4) is 11.5 Å². The maximum Gasteiger partial charge on any atom is 0.231 e. The van der Waals surface area contributed by atoms with Crippen molar-refractivity contribution < 1.29 is 14.6 Å². The Hall–Kier alpha value is -0.930. The molecule has 0 radical (unpaired) electrons. The molecule has 3 nitrogen and oxygen atoms in total. The molecule has 0 aliphatic carbocycles. The molecule has 1 aliphatic heterocycles. The maximum atomic E-state index is 9.23. The molecular formula is C12H15ClO3. The van der Waals surface area contributed by atoms with E-state index in [1.807, 2.05) is 13.0 Å². The lowest BCUT2D eigenvalue weighted by Crippen LogP contribution is -2.04. The fourth-order valence-corrected chi connectivity index (χ4v) is 2.26. The van der Waals surface area contributed by atoms with Crippen LogP contribution in [-0.2, 0) is 6.42 Å². The van der Waals surface area contributed by atoms with Crippen LogP contribution in [0.25, 0.3) is 0 Å². The summed E-state index contributed by atoms with van der Waals surface area (Å²) >= 11 is 6.12. The molecule has 0 saturated heterocycles. The highest BCUT2D eigenvalue weighted by Crippen LogP contribution is 2.45. The molecule has 2 rings (SSSR count). The standard InChI is InChI=1S/C12H15ClO3/c1-3-8-9(7(2)5-14)4-10(13)12-11(8)15-6-16-12/h4,7,14H,3,5-6H2,1-2H3. The van der Waals surface area contributed by atoms with Gasteiger partial charge < -0.3 is 14.6 Å². The first-order valence-corrected chi connectivity index (χ1v) is 5.78. The number of rotatable bonds is 3. The highest BCUT2D eigenvalue weighted by Gasteiger charge is 2.25. The van der Waals surface area contributed by atoms with E-state index in [-0.39, 0.29) is 19.3 Å². The van der Waals surface area contributed by atoms with Crippen molar-refractivity contribution in [3.63, 3.8) is 0 Å². The number of halogens is 1. The highest BCUT2D eigenvalue weighted by molar-refractivity contribution is 6.32. The van der Waals surface area contributed by atoms with Gasteiger partial charge in [-0.2, -0.15) is 0 Å². The second-order valence-corrected chi connectivity index (χ2v) is 4.34. The Balaban J connectivity index is 2.57. The predicted octanol–water partition coefficient (Wildman–Crippen LogP) is 2.73. The third kappa shape index (κ3) is 1.74.